The highest BCUT2D eigenvalue weighted by Crippen LogP contribution is 2.21. The summed E-state index contributed by atoms with van der Waals surface area (Å²) in [7, 11) is 0. The van der Waals surface area contributed by atoms with Crippen LogP contribution in [0.25, 0.3) is 0 Å². The second kappa shape index (κ2) is 10.3. The molecule has 0 aliphatic carbocycles. The molecule has 3 aromatic rings. The van der Waals surface area contributed by atoms with Crippen LogP contribution < -0.4 is 10.1 Å². The second-order valence-corrected chi connectivity index (χ2v) is 7.39. The first-order valence-electron chi connectivity index (χ1n) is 9.53. The molecular formula is C24H25ClFNO. The van der Waals surface area contributed by atoms with Gasteiger partial charge in [0.2, 0.25) is 0 Å². The maximum absolute atomic E-state index is 13.1. The van der Waals surface area contributed by atoms with E-state index in [1.807, 2.05) is 24.3 Å². The summed E-state index contributed by atoms with van der Waals surface area (Å²) in [5.74, 6) is 0.430. The quantitative estimate of drug-likeness (QED) is 0.466. The van der Waals surface area contributed by atoms with Crippen LogP contribution in [-0.4, -0.2) is 6.04 Å². The Labute approximate surface area is 171 Å². The maximum atomic E-state index is 13.1. The standard InChI is InChI=1S/C24H25ClFNO/c1-18(10-11-19-6-3-2-4-7-19)27-16-20-8-5-9-23(14-20)28-17-21-12-13-22(26)15-24(21)25/h2-9,12-15,18,27H,10-11,16-17H2,1H3/t18-/m1/s1. The predicted molar refractivity (Wildman–Crippen MR) is 113 cm³/mol. The highest BCUT2D eigenvalue weighted by atomic mass is 35.5. The molecule has 0 spiro atoms. The lowest BCUT2D eigenvalue weighted by Gasteiger charge is -2.15. The van der Waals surface area contributed by atoms with Crippen LogP contribution in [0.5, 0.6) is 5.75 Å². The van der Waals surface area contributed by atoms with Gasteiger partial charge in [0.25, 0.3) is 0 Å². The number of hydrogen-bond acceptors (Lipinski definition) is 2. The van der Waals surface area contributed by atoms with Gasteiger partial charge in [-0.15, -0.1) is 0 Å². The van der Waals surface area contributed by atoms with E-state index < -0.39 is 0 Å². The Hall–Kier alpha value is -2.36. The van der Waals surface area contributed by atoms with E-state index in [0.717, 1.165) is 36.3 Å². The Bertz CT molecular complexity index is 885. The van der Waals surface area contributed by atoms with Gasteiger partial charge in [0.15, 0.2) is 0 Å². The highest BCUT2D eigenvalue weighted by molar-refractivity contribution is 6.31. The molecule has 0 amide bonds. The average molecular weight is 398 g/mol. The predicted octanol–water partition coefficient (Wildman–Crippen LogP) is 6.17. The minimum absolute atomic E-state index is 0.309. The third-order valence-electron chi connectivity index (χ3n) is 4.67. The monoisotopic (exact) mass is 397 g/mol. The lowest BCUT2D eigenvalue weighted by Crippen LogP contribution is -2.25. The SMILES string of the molecule is C[C@H](CCc1ccccc1)NCc1cccc(OCc2ccc(F)cc2Cl)c1. The van der Waals surface area contributed by atoms with Crippen molar-refractivity contribution in [2.24, 2.45) is 0 Å². The van der Waals surface area contributed by atoms with Crippen molar-refractivity contribution in [3.8, 4) is 5.75 Å². The van der Waals surface area contributed by atoms with Gasteiger partial charge in [-0.3, -0.25) is 0 Å². The Balaban J connectivity index is 1.47. The maximum Gasteiger partial charge on any atom is 0.124 e. The van der Waals surface area contributed by atoms with E-state index in [1.54, 1.807) is 6.07 Å². The lowest BCUT2D eigenvalue weighted by atomic mass is 10.1. The van der Waals surface area contributed by atoms with Gasteiger partial charge >= 0.3 is 0 Å². The molecule has 3 aromatic carbocycles. The fourth-order valence-electron chi connectivity index (χ4n) is 2.97. The van der Waals surface area contributed by atoms with Crippen LogP contribution in [0.3, 0.4) is 0 Å². The molecule has 0 fully saturated rings. The zero-order valence-corrected chi connectivity index (χ0v) is 16.8. The van der Waals surface area contributed by atoms with Gasteiger partial charge < -0.3 is 10.1 Å². The lowest BCUT2D eigenvalue weighted by molar-refractivity contribution is 0.305. The number of rotatable bonds is 9. The zero-order valence-electron chi connectivity index (χ0n) is 16.0. The van der Waals surface area contributed by atoms with Crippen LogP contribution >= 0.6 is 11.6 Å². The van der Waals surface area contributed by atoms with Gasteiger partial charge in [0.1, 0.15) is 18.2 Å². The van der Waals surface area contributed by atoms with E-state index >= 15 is 0 Å². The Kier molecular flexibility index (Phi) is 7.46. The number of ether oxygens (including phenoxy) is 1. The molecule has 28 heavy (non-hydrogen) atoms. The van der Waals surface area contributed by atoms with E-state index in [0.29, 0.717) is 17.7 Å². The number of benzene rings is 3. The summed E-state index contributed by atoms with van der Waals surface area (Å²) in [6.07, 6.45) is 2.15. The van der Waals surface area contributed by atoms with Gasteiger partial charge in [0, 0.05) is 18.2 Å². The largest absolute Gasteiger partial charge is 0.489 e. The third-order valence-corrected chi connectivity index (χ3v) is 5.02. The van der Waals surface area contributed by atoms with Crippen LogP contribution in [-0.2, 0) is 19.6 Å². The van der Waals surface area contributed by atoms with E-state index in [-0.39, 0.29) is 5.82 Å². The van der Waals surface area contributed by atoms with Crippen molar-refractivity contribution in [3.05, 3.63) is 100 Å². The van der Waals surface area contributed by atoms with Crippen LogP contribution in [0.4, 0.5) is 4.39 Å². The first kappa shape index (κ1) is 20.4. The zero-order chi connectivity index (χ0) is 19.8. The average Bonchev–Trinajstić information content (AvgIpc) is 2.71. The van der Waals surface area contributed by atoms with Gasteiger partial charge in [-0.2, -0.15) is 0 Å². The van der Waals surface area contributed by atoms with Crippen molar-refractivity contribution in [3.63, 3.8) is 0 Å². The minimum atomic E-state index is -0.344. The molecule has 3 rings (SSSR count). The molecule has 0 aromatic heterocycles. The topological polar surface area (TPSA) is 21.3 Å². The van der Waals surface area contributed by atoms with E-state index in [9.17, 15) is 4.39 Å². The number of nitrogens with one attached hydrogen (secondary N) is 1. The Morgan fingerprint density at radius 3 is 2.54 bits per heavy atom. The summed E-state index contributed by atoms with van der Waals surface area (Å²) in [4.78, 5) is 0. The molecule has 2 nitrogen and oxygen atoms in total. The summed E-state index contributed by atoms with van der Waals surface area (Å²) in [5, 5.41) is 3.95. The summed E-state index contributed by atoms with van der Waals surface area (Å²) in [5.41, 5.74) is 3.29. The summed E-state index contributed by atoms with van der Waals surface area (Å²) < 4.78 is 19.0. The first-order valence-corrected chi connectivity index (χ1v) is 9.91. The van der Waals surface area contributed by atoms with E-state index in [4.69, 9.17) is 16.3 Å². The van der Waals surface area contributed by atoms with Gasteiger partial charge in [0.05, 0.1) is 5.02 Å². The van der Waals surface area contributed by atoms with Crippen LogP contribution in [0.15, 0.2) is 72.8 Å². The van der Waals surface area contributed by atoms with Crippen molar-refractivity contribution >= 4 is 11.6 Å². The number of halogens is 2. The molecule has 0 unspecified atom stereocenters. The molecule has 0 radical (unpaired) electrons. The normalized spacial score (nSPS) is 12.0. The number of hydrogen-bond donors (Lipinski definition) is 1. The molecule has 0 aliphatic heterocycles. The van der Waals surface area contributed by atoms with E-state index in [1.165, 1.54) is 17.7 Å². The summed E-state index contributed by atoms with van der Waals surface area (Å²) in [6.45, 7) is 3.30. The fraction of sp³-hybridized carbons (Fsp3) is 0.250. The van der Waals surface area contributed by atoms with Crippen molar-refractivity contribution < 1.29 is 9.13 Å². The van der Waals surface area contributed by atoms with Gasteiger partial charge in [-0.05, 0) is 55.2 Å². The smallest absolute Gasteiger partial charge is 0.124 e. The first-order chi connectivity index (χ1) is 13.6. The Morgan fingerprint density at radius 2 is 1.75 bits per heavy atom. The van der Waals surface area contributed by atoms with Crippen molar-refractivity contribution in [1.29, 1.82) is 0 Å². The minimum Gasteiger partial charge on any atom is -0.489 e. The van der Waals surface area contributed by atoms with Gasteiger partial charge in [-0.1, -0.05) is 60.1 Å². The van der Waals surface area contributed by atoms with Crippen LogP contribution in [0, 0.1) is 5.82 Å². The van der Waals surface area contributed by atoms with Crippen LogP contribution in [0.1, 0.15) is 30.0 Å². The van der Waals surface area contributed by atoms with Crippen LogP contribution in [0.2, 0.25) is 5.02 Å². The summed E-state index contributed by atoms with van der Waals surface area (Å²) in [6, 6.07) is 23.3. The molecule has 146 valence electrons. The van der Waals surface area contributed by atoms with E-state index in [2.05, 4.69) is 42.6 Å². The highest BCUT2D eigenvalue weighted by Gasteiger charge is 2.05. The second-order valence-electron chi connectivity index (χ2n) is 6.98. The molecule has 1 N–H and O–H groups in total. The van der Waals surface area contributed by atoms with Crippen molar-refractivity contribution in [1.82, 2.24) is 5.32 Å². The fourth-order valence-corrected chi connectivity index (χ4v) is 3.19. The molecule has 1 atom stereocenters. The molecule has 0 saturated carbocycles. The summed E-state index contributed by atoms with van der Waals surface area (Å²) >= 11 is 6.06. The molecule has 0 bridgehead atoms. The van der Waals surface area contributed by atoms with Crippen molar-refractivity contribution in [2.75, 3.05) is 0 Å². The molecular weight excluding hydrogens is 373 g/mol. The van der Waals surface area contributed by atoms with Crippen molar-refractivity contribution in [2.45, 2.75) is 39.0 Å². The Morgan fingerprint density at radius 1 is 0.964 bits per heavy atom. The number of aryl methyl sites for hydroxylation is 1. The molecule has 4 heteroatoms. The third kappa shape index (κ3) is 6.36. The molecule has 0 saturated heterocycles. The molecule has 0 aliphatic rings. The van der Waals surface area contributed by atoms with Gasteiger partial charge in [-0.25, -0.2) is 4.39 Å². The molecule has 0 heterocycles.